The van der Waals surface area contributed by atoms with E-state index in [1.54, 1.807) is 0 Å². The number of carbonyl (C=O) groups excluding carboxylic acids is 1. The van der Waals surface area contributed by atoms with Crippen LogP contribution in [0.1, 0.15) is 16.2 Å². The highest BCUT2D eigenvalue weighted by Crippen LogP contribution is 2.23. The van der Waals surface area contributed by atoms with Crippen molar-refractivity contribution < 1.29 is 4.79 Å². The van der Waals surface area contributed by atoms with Crippen LogP contribution in [0.15, 0.2) is 66.7 Å². The monoisotopic (exact) mass is 355 g/mol. The van der Waals surface area contributed by atoms with Gasteiger partial charge in [0.05, 0.1) is 12.1 Å². The van der Waals surface area contributed by atoms with Crippen LogP contribution in [-0.2, 0) is 13.1 Å². The smallest absolute Gasteiger partial charge is 0.254 e. The standard InChI is InChI=1S/C21H17N5O/c27-21(16-7-2-1-3-8-16)25-12-13-26-19(14-25)23-24-20(26)18-11-10-15-6-4-5-9-17(15)22-18/h1-11H,12-14H2. The van der Waals surface area contributed by atoms with Gasteiger partial charge in [-0.2, -0.15) is 0 Å². The summed E-state index contributed by atoms with van der Waals surface area (Å²) in [6.45, 7) is 1.73. The SMILES string of the molecule is O=C(c1ccccc1)N1CCn2c(nnc2-c2ccc3ccccc3n2)C1. The Morgan fingerprint density at radius 2 is 1.67 bits per heavy atom. The Bertz CT molecular complexity index is 1140. The zero-order chi connectivity index (χ0) is 18.2. The highest BCUT2D eigenvalue weighted by molar-refractivity contribution is 5.94. The van der Waals surface area contributed by atoms with Crippen LogP contribution in [0, 0.1) is 0 Å². The van der Waals surface area contributed by atoms with Gasteiger partial charge in [0.25, 0.3) is 5.91 Å². The van der Waals surface area contributed by atoms with Crippen molar-refractivity contribution in [3.05, 3.63) is 78.1 Å². The van der Waals surface area contributed by atoms with Gasteiger partial charge in [-0.15, -0.1) is 10.2 Å². The highest BCUT2D eigenvalue weighted by atomic mass is 16.2. The molecule has 132 valence electrons. The van der Waals surface area contributed by atoms with E-state index >= 15 is 0 Å². The van der Waals surface area contributed by atoms with Gasteiger partial charge in [-0.1, -0.05) is 42.5 Å². The summed E-state index contributed by atoms with van der Waals surface area (Å²) in [5.74, 6) is 1.56. The summed E-state index contributed by atoms with van der Waals surface area (Å²) in [5, 5.41) is 9.77. The number of aromatic nitrogens is 4. The van der Waals surface area contributed by atoms with Crippen LogP contribution in [0.2, 0.25) is 0 Å². The Morgan fingerprint density at radius 3 is 2.56 bits per heavy atom. The molecule has 27 heavy (non-hydrogen) atoms. The van der Waals surface area contributed by atoms with Gasteiger partial charge in [-0.25, -0.2) is 4.98 Å². The molecular formula is C21H17N5O. The molecule has 2 aromatic heterocycles. The highest BCUT2D eigenvalue weighted by Gasteiger charge is 2.26. The quantitative estimate of drug-likeness (QED) is 0.554. The number of pyridine rings is 1. The predicted octanol–water partition coefficient (Wildman–Crippen LogP) is 3.15. The largest absolute Gasteiger partial charge is 0.329 e. The van der Waals surface area contributed by atoms with Gasteiger partial charge in [-0.05, 0) is 24.3 Å². The summed E-state index contributed by atoms with van der Waals surface area (Å²) >= 11 is 0. The molecule has 4 aromatic rings. The zero-order valence-corrected chi connectivity index (χ0v) is 14.6. The number of hydrogen-bond acceptors (Lipinski definition) is 4. The molecular weight excluding hydrogens is 338 g/mol. The summed E-state index contributed by atoms with van der Waals surface area (Å²) in [6.07, 6.45) is 0. The van der Waals surface area contributed by atoms with Crippen molar-refractivity contribution in [2.45, 2.75) is 13.1 Å². The number of carbonyl (C=O) groups is 1. The second-order valence-electron chi connectivity index (χ2n) is 6.57. The van der Waals surface area contributed by atoms with Crippen molar-refractivity contribution in [3.8, 4) is 11.5 Å². The molecule has 5 rings (SSSR count). The van der Waals surface area contributed by atoms with Crippen LogP contribution in [0.25, 0.3) is 22.4 Å². The normalized spacial score (nSPS) is 13.6. The Balaban J connectivity index is 1.45. The molecule has 0 radical (unpaired) electrons. The Kier molecular flexibility index (Phi) is 3.67. The molecule has 2 aromatic carbocycles. The van der Waals surface area contributed by atoms with Gasteiger partial charge < -0.3 is 9.47 Å². The van der Waals surface area contributed by atoms with E-state index < -0.39 is 0 Å². The Hall–Kier alpha value is -3.54. The van der Waals surface area contributed by atoms with Crippen LogP contribution < -0.4 is 0 Å². The van der Waals surface area contributed by atoms with Crippen LogP contribution in [0.5, 0.6) is 0 Å². The zero-order valence-electron chi connectivity index (χ0n) is 14.6. The first-order chi connectivity index (χ1) is 13.3. The lowest BCUT2D eigenvalue weighted by atomic mass is 10.2. The van der Waals surface area contributed by atoms with Crippen molar-refractivity contribution >= 4 is 16.8 Å². The average Bonchev–Trinajstić information content (AvgIpc) is 3.17. The second-order valence-corrected chi connectivity index (χ2v) is 6.57. The van der Waals surface area contributed by atoms with Crippen molar-refractivity contribution in [2.75, 3.05) is 6.54 Å². The molecule has 6 heteroatoms. The van der Waals surface area contributed by atoms with Crippen molar-refractivity contribution in [1.29, 1.82) is 0 Å². The second kappa shape index (κ2) is 6.32. The maximum atomic E-state index is 12.7. The van der Waals surface area contributed by atoms with Gasteiger partial charge in [0, 0.05) is 24.0 Å². The number of para-hydroxylation sites is 1. The number of fused-ring (bicyclic) bond motifs is 2. The lowest BCUT2D eigenvalue weighted by molar-refractivity contribution is 0.0708. The topological polar surface area (TPSA) is 63.9 Å². The van der Waals surface area contributed by atoms with Gasteiger partial charge >= 0.3 is 0 Å². The first kappa shape index (κ1) is 15.7. The first-order valence-corrected chi connectivity index (χ1v) is 8.92. The molecule has 0 N–H and O–H groups in total. The molecule has 1 amide bonds. The fraction of sp³-hybridized carbons (Fsp3) is 0.143. The summed E-state index contributed by atoms with van der Waals surface area (Å²) in [4.78, 5) is 19.2. The average molecular weight is 355 g/mol. The van der Waals surface area contributed by atoms with E-state index in [9.17, 15) is 4.79 Å². The van der Waals surface area contributed by atoms with Crippen molar-refractivity contribution in [2.24, 2.45) is 0 Å². The molecule has 0 atom stereocenters. The maximum absolute atomic E-state index is 12.7. The number of benzene rings is 2. The van der Waals surface area contributed by atoms with Crippen molar-refractivity contribution in [3.63, 3.8) is 0 Å². The Morgan fingerprint density at radius 1 is 0.852 bits per heavy atom. The third kappa shape index (κ3) is 2.75. The van der Waals surface area contributed by atoms with Gasteiger partial charge in [0.2, 0.25) is 0 Å². The van der Waals surface area contributed by atoms with Gasteiger partial charge in [-0.3, -0.25) is 4.79 Å². The van der Waals surface area contributed by atoms with E-state index in [0.717, 1.165) is 28.2 Å². The lowest BCUT2D eigenvalue weighted by Crippen LogP contribution is -2.38. The maximum Gasteiger partial charge on any atom is 0.254 e. The molecule has 0 spiro atoms. The van der Waals surface area contributed by atoms with Gasteiger partial charge in [0.15, 0.2) is 11.6 Å². The third-order valence-corrected chi connectivity index (χ3v) is 4.89. The molecule has 0 unspecified atom stereocenters. The summed E-state index contributed by atoms with van der Waals surface area (Å²) < 4.78 is 2.06. The van der Waals surface area contributed by atoms with E-state index in [-0.39, 0.29) is 5.91 Å². The predicted molar refractivity (Wildman–Crippen MR) is 102 cm³/mol. The first-order valence-electron chi connectivity index (χ1n) is 8.92. The third-order valence-electron chi connectivity index (χ3n) is 4.89. The van der Waals surface area contributed by atoms with E-state index in [1.807, 2.05) is 71.6 Å². The molecule has 0 aliphatic carbocycles. The molecule has 1 aliphatic heterocycles. The molecule has 6 nitrogen and oxygen atoms in total. The minimum Gasteiger partial charge on any atom is -0.329 e. The fourth-order valence-corrected chi connectivity index (χ4v) is 3.47. The molecule has 3 heterocycles. The number of hydrogen-bond donors (Lipinski definition) is 0. The molecule has 0 fully saturated rings. The van der Waals surface area contributed by atoms with E-state index in [1.165, 1.54) is 0 Å². The van der Waals surface area contributed by atoms with Gasteiger partial charge in [0.1, 0.15) is 5.69 Å². The molecule has 0 saturated carbocycles. The molecule has 1 aliphatic rings. The number of rotatable bonds is 2. The van der Waals surface area contributed by atoms with Crippen LogP contribution >= 0.6 is 0 Å². The number of nitrogens with zero attached hydrogens (tertiary/aromatic N) is 5. The minimum absolute atomic E-state index is 0.0234. The Labute approximate surface area is 156 Å². The van der Waals surface area contributed by atoms with E-state index in [2.05, 4.69) is 14.8 Å². The van der Waals surface area contributed by atoms with Crippen LogP contribution in [-0.4, -0.2) is 37.1 Å². The molecule has 0 saturated heterocycles. The van der Waals surface area contributed by atoms with E-state index in [0.29, 0.717) is 25.2 Å². The van der Waals surface area contributed by atoms with Crippen molar-refractivity contribution in [1.82, 2.24) is 24.6 Å². The summed E-state index contributed by atoms with van der Waals surface area (Å²) in [7, 11) is 0. The lowest BCUT2D eigenvalue weighted by Gasteiger charge is -2.27. The van der Waals surface area contributed by atoms with Crippen LogP contribution in [0.4, 0.5) is 0 Å². The van der Waals surface area contributed by atoms with Crippen LogP contribution in [0.3, 0.4) is 0 Å². The summed E-state index contributed by atoms with van der Waals surface area (Å²) in [6, 6.07) is 21.4. The summed E-state index contributed by atoms with van der Waals surface area (Å²) in [5.41, 5.74) is 2.43. The molecule has 0 bridgehead atoms. The van der Waals surface area contributed by atoms with E-state index in [4.69, 9.17) is 4.98 Å². The minimum atomic E-state index is 0.0234. The number of amides is 1. The fourth-order valence-electron chi connectivity index (χ4n) is 3.47.